The maximum atomic E-state index is 9.26. The van der Waals surface area contributed by atoms with Crippen molar-refractivity contribution in [2.24, 2.45) is 7.05 Å². The lowest BCUT2D eigenvalue weighted by atomic mass is 10.0. The first kappa shape index (κ1) is 14.3. The fourth-order valence-corrected chi connectivity index (χ4v) is 2.94. The summed E-state index contributed by atoms with van der Waals surface area (Å²) < 4.78 is 1.83. The lowest BCUT2D eigenvalue weighted by Crippen LogP contribution is -2.05. The number of hydrogen-bond donors (Lipinski definition) is 1. The molecule has 1 aliphatic rings. The molecule has 5 heteroatoms. The van der Waals surface area contributed by atoms with E-state index >= 15 is 0 Å². The summed E-state index contributed by atoms with van der Waals surface area (Å²) in [5, 5.41) is 17.0. The number of fused-ring (bicyclic) bond motifs is 1. The first-order valence-corrected chi connectivity index (χ1v) is 7.48. The van der Waals surface area contributed by atoms with Gasteiger partial charge >= 0.3 is 0 Å². The first-order valence-electron chi connectivity index (χ1n) is 7.48. The van der Waals surface area contributed by atoms with Crippen LogP contribution in [0.25, 0.3) is 5.57 Å². The van der Waals surface area contributed by atoms with E-state index < -0.39 is 0 Å². The van der Waals surface area contributed by atoms with Crippen molar-refractivity contribution in [2.45, 2.75) is 26.7 Å². The van der Waals surface area contributed by atoms with Crippen LogP contribution in [0.1, 0.15) is 35.1 Å². The van der Waals surface area contributed by atoms with Gasteiger partial charge in [0, 0.05) is 49.6 Å². The van der Waals surface area contributed by atoms with Gasteiger partial charge in [0.25, 0.3) is 0 Å². The van der Waals surface area contributed by atoms with Gasteiger partial charge in [0.2, 0.25) is 0 Å². The van der Waals surface area contributed by atoms with Crippen LogP contribution in [0, 0.1) is 18.3 Å². The van der Waals surface area contributed by atoms with Gasteiger partial charge in [0.05, 0.1) is 23.0 Å². The minimum Gasteiger partial charge on any atom is -0.385 e. The second kappa shape index (κ2) is 5.64. The summed E-state index contributed by atoms with van der Waals surface area (Å²) in [4.78, 5) is 4.76. The highest BCUT2D eigenvalue weighted by molar-refractivity contribution is 5.88. The third-order valence-corrected chi connectivity index (χ3v) is 3.89. The van der Waals surface area contributed by atoms with Gasteiger partial charge < -0.3 is 5.32 Å². The molecule has 0 aromatic carbocycles. The zero-order valence-corrected chi connectivity index (χ0v) is 13.1. The van der Waals surface area contributed by atoms with Crippen LogP contribution in [0.3, 0.4) is 0 Å². The molecule has 2 aromatic heterocycles. The Morgan fingerprint density at radius 3 is 2.91 bits per heavy atom. The standard InChI is InChI=1S/C17H19N5/c1-4-19-16-8-14(7-13-10-22(3)21-11(13)2)20-15-6-5-12(9-18)17(15)16/h5,8,10H,4,6-7H2,1-3H3,(H,19,20). The summed E-state index contributed by atoms with van der Waals surface area (Å²) in [6, 6.07) is 4.33. The summed E-state index contributed by atoms with van der Waals surface area (Å²) in [6.45, 7) is 4.90. The molecule has 0 atom stereocenters. The van der Waals surface area contributed by atoms with Crippen LogP contribution in [0.5, 0.6) is 0 Å². The van der Waals surface area contributed by atoms with Gasteiger partial charge in [-0.05, 0) is 25.5 Å². The molecule has 2 aromatic rings. The fourth-order valence-electron chi connectivity index (χ4n) is 2.94. The number of nitrogens with zero attached hydrogens (tertiary/aromatic N) is 4. The number of anilines is 1. The van der Waals surface area contributed by atoms with Gasteiger partial charge in [-0.3, -0.25) is 9.67 Å². The maximum Gasteiger partial charge on any atom is 0.0996 e. The van der Waals surface area contributed by atoms with E-state index in [0.717, 1.165) is 53.3 Å². The summed E-state index contributed by atoms with van der Waals surface area (Å²) >= 11 is 0. The number of aryl methyl sites for hydroxylation is 2. The zero-order valence-electron chi connectivity index (χ0n) is 13.1. The minimum absolute atomic E-state index is 0.725. The Bertz CT molecular complexity index is 792. The number of allylic oxidation sites excluding steroid dienone is 2. The molecule has 0 radical (unpaired) electrons. The molecule has 0 spiro atoms. The monoisotopic (exact) mass is 293 g/mol. The second-order valence-corrected chi connectivity index (χ2v) is 5.54. The topological polar surface area (TPSA) is 66.5 Å². The molecule has 0 aliphatic heterocycles. The van der Waals surface area contributed by atoms with Crippen molar-refractivity contribution in [1.29, 1.82) is 5.26 Å². The summed E-state index contributed by atoms with van der Waals surface area (Å²) in [5.41, 5.74) is 6.92. The van der Waals surface area contributed by atoms with E-state index in [1.54, 1.807) is 0 Å². The second-order valence-electron chi connectivity index (χ2n) is 5.54. The number of rotatable bonds is 4. The van der Waals surface area contributed by atoms with Crippen LogP contribution in [-0.2, 0) is 19.9 Å². The molecule has 0 unspecified atom stereocenters. The van der Waals surface area contributed by atoms with Crippen molar-refractivity contribution in [1.82, 2.24) is 14.8 Å². The molecule has 112 valence electrons. The van der Waals surface area contributed by atoms with Crippen molar-refractivity contribution in [3.05, 3.63) is 46.5 Å². The van der Waals surface area contributed by atoms with E-state index in [9.17, 15) is 5.26 Å². The van der Waals surface area contributed by atoms with Crippen LogP contribution < -0.4 is 5.32 Å². The van der Waals surface area contributed by atoms with Gasteiger partial charge in [-0.1, -0.05) is 6.08 Å². The highest BCUT2D eigenvalue weighted by Crippen LogP contribution is 2.33. The predicted octanol–water partition coefficient (Wildman–Crippen LogP) is 2.61. The first-order chi connectivity index (χ1) is 10.6. The predicted molar refractivity (Wildman–Crippen MR) is 86.4 cm³/mol. The van der Waals surface area contributed by atoms with Crippen molar-refractivity contribution < 1.29 is 0 Å². The van der Waals surface area contributed by atoms with E-state index in [0.29, 0.717) is 0 Å². The molecule has 22 heavy (non-hydrogen) atoms. The molecule has 3 rings (SSSR count). The van der Waals surface area contributed by atoms with Crippen molar-refractivity contribution >= 4 is 11.3 Å². The molecule has 0 bridgehead atoms. The SMILES string of the molecule is CCNc1cc(Cc2cn(C)nc2C)nc2c1C(C#N)=CC2. The van der Waals surface area contributed by atoms with Crippen LogP contribution in [0.15, 0.2) is 18.3 Å². The van der Waals surface area contributed by atoms with Gasteiger partial charge in [-0.2, -0.15) is 10.4 Å². The Morgan fingerprint density at radius 2 is 2.27 bits per heavy atom. The quantitative estimate of drug-likeness (QED) is 0.941. The average molecular weight is 293 g/mol. The van der Waals surface area contributed by atoms with Crippen LogP contribution >= 0.6 is 0 Å². The number of pyridine rings is 1. The molecule has 5 nitrogen and oxygen atoms in total. The number of nitrogens with one attached hydrogen (secondary N) is 1. The molecule has 0 amide bonds. The van der Waals surface area contributed by atoms with Crippen LogP contribution in [0.4, 0.5) is 5.69 Å². The van der Waals surface area contributed by atoms with Crippen LogP contribution in [-0.4, -0.2) is 21.3 Å². The molecular formula is C17H19N5. The van der Waals surface area contributed by atoms with Gasteiger partial charge in [-0.15, -0.1) is 0 Å². The fraction of sp³-hybridized carbons (Fsp3) is 0.353. The number of aromatic nitrogens is 3. The maximum absolute atomic E-state index is 9.26. The van der Waals surface area contributed by atoms with E-state index in [-0.39, 0.29) is 0 Å². The minimum atomic E-state index is 0.725. The molecule has 1 N–H and O–H groups in total. The lowest BCUT2D eigenvalue weighted by molar-refractivity contribution is 0.756. The third-order valence-electron chi connectivity index (χ3n) is 3.89. The average Bonchev–Trinajstić information content (AvgIpc) is 3.02. The van der Waals surface area contributed by atoms with E-state index in [1.807, 2.05) is 30.9 Å². The summed E-state index contributed by atoms with van der Waals surface area (Å²) in [5.74, 6) is 0. The molecule has 0 saturated carbocycles. The zero-order chi connectivity index (χ0) is 15.7. The van der Waals surface area contributed by atoms with Crippen molar-refractivity contribution in [2.75, 3.05) is 11.9 Å². The van der Waals surface area contributed by atoms with Gasteiger partial charge in [-0.25, -0.2) is 0 Å². The smallest absolute Gasteiger partial charge is 0.0996 e. The van der Waals surface area contributed by atoms with Crippen molar-refractivity contribution in [3.8, 4) is 6.07 Å². The van der Waals surface area contributed by atoms with Gasteiger partial charge in [0.1, 0.15) is 0 Å². The Labute approximate surface area is 130 Å². The molecule has 0 fully saturated rings. The van der Waals surface area contributed by atoms with Crippen LogP contribution in [0.2, 0.25) is 0 Å². The number of hydrogen-bond acceptors (Lipinski definition) is 4. The Balaban J connectivity index is 2.00. The lowest BCUT2D eigenvalue weighted by Gasteiger charge is -2.12. The molecular weight excluding hydrogens is 274 g/mol. The molecule has 2 heterocycles. The summed E-state index contributed by atoms with van der Waals surface area (Å²) in [7, 11) is 1.93. The third kappa shape index (κ3) is 2.48. The highest BCUT2D eigenvalue weighted by atomic mass is 15.2. The Hall–Kier alpha value is -2.61. The Morgan fingerprint density at radius 1 is 1.45 bits per heavy atom. The van der Waals surface area contributed by atoms with E-state index in [4.69, 9.17) is 4.98 Å². The molecule has 1 aliphatic carbocycles. The highest BCUT2D eigenvalue weighted by Gasteiger charge is 2.21. The van der Waals surface area contributed by atoms with Crippen molar-refractivity contribution in [3.63, 3.8) is 0 Å². The largest absolute Gasteiger partial charge is 0.385 e. The van der Waals surface area contributed by atoms with E-state index in [2.05, 4.69) is 29.5 Å². The summed E-state index contributed by atoms with van der Waals surface area (Å²) in [6.07, 6.45) is 5.48. The normalized spacial score (nSPS) is 12.7. The van der Waals surface area contributed by atoms with E-state index in [1.165, 1.54) is 5.56 Å². The number of nitriles is 1. The van der Waals surface area contributed by atoms with Gasteiger partial charge in [0.15, 0.2) is 0 Å². The molecule has 0 saturated heterocycles. The Kier molecular flexibility index (Phi) is 3.68.